The second-order valence-electron chi connectivity index (χ2n) is 4.75. The highest BCUT2D eigenvalue weighted by Gasteiger charge is 2.08. The van der Waals surface area contributed by atoms with Gasteiger partial charge in [-0.05, 0) is 49.9 Å². The lowest BCUT2D eigenvalue weighted by Crippen LogP contribution is -2.28. The molecule has 1 atom stereocenters. The molecule has 1 heterocycles. The Morgan fingerprint density at radius 2 is 2.12 bits per heavy atom. The number of rotatable bonds is 6. The van der Waals surface area contributed by atoms with E-state index in [9.17, 15) is 0 Å². The first-order chi connectivity index (χ1) is 7.61. The van der Waals surface area contributed by atoms with Crippen LogP contribution in [0.15, 0.2) is 18.3 Å². The molecule has 1 aromatic rings. The van der Waals surface area contributed by atoms with E-state index in [1.54, 1.807) is 6.20 Å². The molecular formula is C13H23N3. The number of pyridine rings is 1. The van der Waals surface area contributed by atoms with Gasteiger partial charge in [-0.15, -0.1) is 0 Å². The van der Waals surface area contributed by atoms with Crippen molar-refractivity contribution in [2.75, 3.05) is 12.8 Å². The van der Waals surface area contributed by atoms with Gasteiger partial charge in [0.05, 0.1) is 0 Å². The Morgan fingerprint density at radius 3 is 2.69 bits per heavy atom. The smallest absolute Gasteiger partial charge is 0.123 e. The van der Waals surface area contributed by atoms with Gasteiger partial charge in [0.25, 0.3) is 0 Å². The quantitative estimate of drug-likeness (QED) is 0.774. The first kappa shape index (κ1) is 13.0. The molecule has 0 aliphatic rings. The largest absolute Gasteiger partial charge is 0.384 e. The lowest BCUT2D eigenvalue weighted by molar-refractivity contribution is 0.451. The summed E-state index contributed by atoms with van der Waals surface area (Å²) in [6, 6.07) is 4.53. The monoisotopic (exact) mass is 221 g/mol. The molecule has 0 bridgehead atoms. The third kappa shape index (κ3) is 4.62. The van der Waals surface area contributed by atoms with Crippen LogP contribution in [0.1, 0.15) is 32.3 Å². The Labute approximate surface area is 98.5 Å². The van der Waals surface area contributed by atoms with Gasteiger partial charge in [0.1, 0.15) is 5.82 Å². The van der Waals surface area contributed by atoms with E-state index in [2.05, 4.69) is 24.1 Å². The fourth-order valence-electron chi connectivity index (χ4n) is 1.79. The zero-order chi connectivity index (χ0) is 12.0. The van der Waals surface area contributed by atoms with Gasteiger partial charge in [0.15, 0.2) is 0 Å². The number of hydrogen-bond donors (Lipinski definition) is 2. The van der Waals surface area contributed by atoms with E-state index >= 15 is 0 Å². The predicted molar refractivity (Wildman–Crippen MR) is 69.3 cm³/mol. The molecule has 0 saturated heterocycles. The summed E-state index contributed by atoms with van der Waals surface area (Å²) >= 11 is 0. The van der Waals surface area contributed by atoms with E-state index in [-0.39, 0.29) is 0 Å². The van der Waals surface area contributed by atoms with Gasteiger partial charge in [0, 0.05) is 12.2 Å². The maximum Gasteiger partial charge on any atom is 0.123 e. The van der Waals surface area contributed by atoms with Crippen molar-refractivity contribution < 1.29 is 0 Å². The lowest BCUT2D eigenvalue weighted by Gasteiger charge is -2.17. The fourth-order valence-corrected chi connectivity index (χ4v) is 1.79. The molecule has 0 fully saturated rings. The topological polar surface area (TPSA) is 50.9 Å². The Balaban J connectivity index is 2.49. The first-order valence-electron chi connectivity index (χ1n) is 5.99. The van der Waals surface area contributed by atoms with Crippen LogP contribution >= 0.6 is 0 Å². The van der Waals surface area contributed by atoms with Gasteiger partial charge in [-0.3, -0.25) is 0 Å². The Bertz CT molecular complexity index is 310. The maximum atomic E-state index is 5.67. The van der Waals surface area contributed by atoms with Crippen LogP contribution in [-0.2, 0) is 6.42 Å². The van der Waals surface area contributed by atoms with Crippen LogP contribution < -0.4 is 11.1 Å². The first-order valence-corrected chi connectivity index (χ1v) is 5.99. The second-order valence-corrected chi connectivity index (χ2v) is 4.75. The van der Waals surface area contributed by atoms with Crippen molar-refractivity contribution in [2.24, 2.45) is 5.92 Å². The summed E-state index contributed by atoms with van der Waals surface area (Å²) in [6.07, 6.45) is 5.26. The van der Waals surface area contributed by atoms with Crippen molar-refractivity contribution >= 4 is 5.82 Å². The van der Waals surface area contributed by atoms with Crippen molar-refractivity contribution in [2.45, 2.75) is 39.2 Å². The molecule has 3 N–H and O–H groups in total. The molecule has 0 saturated carbocycles. The van der Waals surface area contributed by atoms with Crippen LogP contribution in [0.3, 0.4) is 0 Å². The van der Waals surface area contributed by atoms with Crippen LogP contribution in [0, 0.1) is 5.92 Å². The number of aromatic nitrogens is 1. The average molecular weight is 221 g/mol. The van der Waals surface area contributed by atoms with Gasteiger partial charge in [0.2, 0.25) is 0 Å². The van der Waals surface area contributed by atoms with E-state index in [0.717, 1.165) is 12.3 Å². The summed E-state index contributed by atoms with van der Waals surface area (Å²) in [5.41, 5.74) is 6.93. The summed E-state index contributed by atoms with van der Waals surface area (Å²) in [5, 5.41) is 3.36. The molecule has 3 heteroatoms. The molecule has 1 rings (SSSR count). The fraction of sp³-hybridized carbons (Fsp3) is 0.615. The Kier molecular flexibility index (Phi) is 5.26. The minimum absolute atomic E-state index is 0.532. The minimum Gasteiger partial charge on any atom is -0.384 e. The summed E-state index contributed by atoms with van der Waals surface area (Å²) in [6.45, 7) is 4.52. The van der Waals surface area contributed by atoms with Gasteiger partial charge >= 0.3 is 0 Å². The molecule has 1 unspecified atom stereocenters. The van der Waals surface area contributed by atoms with E-state index in [1.165, 1.54) is 18.4 Å². The zero-order valence-electron chi connectivity index (χ0n) is 10.5. The highest BCUT2D eigenvalue weighted by molar-refractivity contribution is 5.32. The molecule has 0 radical (unpaired) electrons. The zero-order valence-corrected chi connectivity index (χ0v) is 10.5. The van der Waals surface area contributed by atoms with E-state index in [1.807, 2.05) is 19.2 Å². The van der Waals surface area contributed by atoms with Gasteiger partial charge in [-0.2, -0.15) is 0 Å². The predicted octanol–water partition coefficient (Wildman–Crippen LogP) is 2.23. The van der Waals surface area contributed by atoms with Crippen molar-refractivity contribution in [1.82, 2.24) is 10.3 Å². The standard InChI is InChI=1S/C13H23N3/c1-10(2)4-5-12(15-3)8-11-6-7-16-13(14)9-11/h6-7,9-10,12,15H,4-5,8H2,1-3H3,(H2,14,16). The number of nitrogens with one attached hydrogen (secondary N) is 1. The van der Waals surface area contributed by atoms with Crippen LogP contribution in [0.2, 0.25) is 0 Å². The van der Waals surface area contributed by atoms with Crippen LogP contribution in [-0.4, -0.2) is 18.1 Å². The molecule has 90 valence electrons. The third-order valence-corrected chi connectivity index (χ3v) is 2.83. The molecule has 1 aromatic heterocycles. The lowest BCUT2D eigenvalue weighted by atomic mass is 9.98. The van der Waals surface area contributed by atoms with Gasteiger partial charge in [-0.1, -0.05) is 13.8 Å². The average Bonchev–Trinajstić information content (AvgIpc) is 2.24. The normalized spacial score (nSPS) is 13.0. The number of nitrogens with zero attached hydrogens (tertiary/aromatic N) is 1. The molecule has 0 aliphatic heterocycles. The second kappa shape index (κ2) is 6.48. The molecule has 0 amide bonds. The maximum absolute atomic E-state index is 5.67. The number of nitrogen functional groups attached to an aromatic ring is 1. The summed E-state index contributed by atoms with van der Waals surface area (Å²) in [4.78, 5) is 4.00. The van der Waals surface area contributed by atoms with Crippen LogP contribution in [0.25, 0.3) is 0 Å². The summed E-state index contributed by atoms with van der Waals surface area (Å²) in [5.74, 6) is 1.37. The molecule has 3 nitrogen and oxygen atoms in total. The molecule has 0 spiro atoms. The van der Waals surface area contributed by atoms with Crippen molar-refractivity contribution in [3.63, 3.8) is 0 Å². The minimum atomic E-state index is 0.532. The highest BCUT2D eigenvalue weighted by Crippen LogP contribution is 2.12. The molecule has 16 heavy (non-hydrogen) atoms. The van der Waals surface area contributed by atoms with E-state index in [0.29, 0.717) is 11.9 Å². The van der Waals surface area contributed by atoms with Gasteiger partial charge in [-0.25, -0.2) is 4.98 Å². The van der Waals surface area contributed by atoms with Gasteiger partial charge < -0.3 is 11.1 Å². The van der Waals surface area contributed by atoms with Crippen LogP contribution in [0.4, 0.5) is 5.82 Å². The SMILES string of the molecule is CNC(CCC(C)C)Cc1ccnc(N)c1. The third-order valence-electron chi connectivity index (χ3n) is 2.83. The molecule has 0 aromatic carbocycles. The summed E-state index contributed by atoms with van der Waals surface area (Å²) < 4.78 is 0. The Morgan fingerprint density at radius 1 is 1.38 bits per heavy atom. The number of anilines is 1. The van der Waals surface area contributed by atoms with Crippen LogP contribution in [0.5, 0.6) is 0 Å². The van der Waals surface area contributed by atoms with E-state index < -0.39 is 0 Å². The highest BCUT2D eigenvalue weighted by atomic mass is 14.9. The Hall–Kier alpha value is -1.09. The summed E-state index contributed by atoms with van der Waals surface area (Å²) in [7, 11) is 2.02. The van der Waals surface area contributed by atoms with Crippen molar-refractivity contribution in [3.8, 4) is 0 Å². The molecule has 0 aliphatic carbocycles. The van der Waals surface area contributed by atoms with E-state index in [4.69, 9.17) is 5.73 Å². The number of nitrogens with two attached hydrogens (primary N) is 1. The number of likely N-dealkylation sites (N-methyl/N-ethyl adjacent to an activating group) is 1. The van der Waals surface area contributed by atoms with Crippen molar-refractivity contribution in [3.05, 3.63) is 23.9 Å². The molecular weight excluding hydrogens is 198 g/mol. The van der Waals surface area contributed by atoms with Crippen molar-refractivity contribution in [1.29, 1.82) is 0 Å². The number of hydrogen-bond acceptors (Lipinski definition) is 3.